The summed E-state index contributed by atoms with van der Waals surface area (Å²) in [6.45, 7) is 0.928. The van der Waals surface area contributed by atoms with E-state index in [0.717, 1.165) is 31.7 Å². The monoisotopic (exact) mass is 218 g/mol. The van der Waals surface area contributed by atoms with Crippen molar-refractivity contribution in [3.63, 3.8) is 0 Å². The highest BCUT2D eigenvalue weighted by molar-refractivity contribution is 5.25. The summed E-state index contributed by atoms with van der Waals surface area (Å²) in [5.41, 5.74) is 8.67. The molecule has 0 radical (unpaired) electrons. The van der Waals surface area contributed by atoms with Crippen LogP contribution in [0, 0.1) is 5.92 Å². The molecule has 16 heavy (non-hydrogen) atoms. The molecule has 1 atom stereocenters. The smallest absolute Gasteiger partial charge is 0.250 e. The van der Waals surface area contributed by atoms with E-state index in [1.807, 2.05) is 10.6 Å². The highest BCUT2D eigenvalue weighted by atomic mass is 16.1. The molecule has 1 unspecified atom stereocenters. The molecule has 0 aliphatic heterocycles. The van der Waals surface area contributed by atoms with E-state index < -0.39 is 0 Å². The van der Waals surface area contributed by atoms with Gasteiger partial charge in [-0.15, -0.1) is 0 Å². The summed E-state index contributed by atoms with van der Waals surface area (Å²) in [5.74, 6) is 0.750. The average molecular weight is 218 g/mol. The van der Waals surface area contributed by atoms with E-state index in [2.05, 4.69) is 0 Å². The van der Waals surface area contributed by atoms with E-state index in [1.165, 1.54) is 24.1 Å². The average Bonchev–Trinajstić information content (AvgIpc) is 3.06. The first-order chi connectivity index (χ1) is 7.74. The van der Waals surface area contributed by atoms with Gasteiger partial charge in [0.15, 0.2) is 0 Å². The van der Waals surface area contributed by atoms with Crippen LogP contribution in [0.2, 0.25) is 0 Å². The van der Waals surface area contributed by atoms with E-state index >= 15 is 0 Å². The maximum Gasteiger partial charge on any atom is 0.250 e. The van der Waals surface area contributed by atoms with Crippen LogP contribution in [0.1, 0.15) is 30.5 Å². The molecule has 86 valence electrons. The fourth-order valence-electron chi connectivity index (χ4n) is 2.61. The van der Waals surface area contributed by atoms with Crippen LogP contribution in [0.5, 0.6) is 0 Å². The van der Waals surface area contributed by atoms with Crippen LogP contribution >= 0.6 is 0 Å². The molecule has 2 aliphatic carbocycles. The molecule has 0 spiro atoms. The lowest BCUT2D eigenvalue weighted by Gasteiger charge is -2.24. The number of rotatable bonds is 2. The predicted octanol–water partition coefficient (Wildman–Crippen LogP) is 1.07. The zero-order chi connectivity index (χ0) is 11.1. The lowest BCUT2D eigenvalue weighted by molar-refractivity contribution is 0.508. The second-order valence-electron chi connectivity index (χ2n) is 5.20. The number of aromatic nitrogens is 1. The summed E-state index contributed by atoms with van der Waals surface area (Å²) in [4.78, 5) is 11.9. The van der Waals surface area contributed by atoms with Crippen molar-refractivity contribution in [2.45, 2.75) is 44.7 Å². The van der Waals surface area contributed by atoms with Crippen molar-refractivity contribution in [1.29, 1.82) is 0 Å². The van der Waals surface area contributed by atoms with Gasteiger partial charge in [-0.05, 0) is 43.6 Å². The minimum absolute atomic E-state index is 0.168. The SMILES string of the molecule is NC1CCc2c(ccc(=O)n2CC2CC2)C1. The molecule has 0 saturated heterocycles. The summed E-state index contributed by atoms with van der Waals surface area (Å²) in [6.07, 6.45) is 5.49. The highest BCUT2D eigenvalue weighted by Gasteiger charge is 2.25. The molecule has 1 aromatic heterocycles. The van der Waals surface area contributed by atoms with Gasteiger partial charge in [-0.25, -0.2) is 0 Å². The second kappa shape index (κ2) is 3.74. The molecule has 3 rings (SSSR count). The molecule has 1 aromatic rings. The normalized spacial score (nSPS) is 24.2. The highest BCUT2D eigenvalue weighted by Crippen LogP contribution is 2.31. The van der Waals surface area contributed by atoms with Crippen LogP contribution in [-0.4, -0.2) is 10.6 Å². The Morgan fingerprint density at radius 1 is 1.31 bits per heavy atom. The quantitative estimate of drug-likeness (QED) is 0.807. The van der Waals surface area contributed by atoms with Crippen molar-refractivity contribution in [3.8, 4) is 0 Å². The van der Waals surface area contributed by atoms with Gasteiger partial charge in [-0.3, -0.25) is 4.79 Å². The molecule has 2 N–H and O–H groups in total. The van der Waals surface area contributed by atoms with E-state index in [9.17, 15) is 4.79 Å². The van der Waals surface area contributed by atoms with Crippen molar-refractivity contribution in [3.05, 3.63) is 33.7 Å². The second-order valence-corrected chi connectivity index (χ2v) is 5.20. The Morgan fingerprint density at radius 3 is 2.88 bits per heavy atom. The molecular formula is C13H18N2O. The maximum atomic E-state index is 11.9. The van der Waals surface area contributed by atoms with Crippen molar-refractivity contribution in [1.82, 2.24) is 4.57 Å². The van der Waals surface area contributed by atoms with E-state index in [-0.39, 0.29) is 11.6 Å². The maximum absolute atomic E-state index is 11.9. The topological polar surface area (TPSA) is 48.0 Å². The van der Waals surface area contributed by atoms with Gasteiger partial charge in [0, 0.05) is 24.3 Å². The van der Waals surface area contributed by atoms with Crippen LogP contribution in [0.3, 0.4) is 0 Å². The zero-order valence-corrected chi connectivity index (χ0v) is 9.48. The van der Waals surface area contributed by atoms with Crippen molar-refractivity contribution >= 4 is 0 Å². The minimum atomic E-state index is 0.168. The number of hydrogen-bond donors (Lipinski definition) is 1. The summed E-state index contributed by atoms with van der Waals surface area (Å²) in [6, 6.07) is 3.96. The van der Waals surface area contributed by atoms with E-state index in [4.69, 9.17) is 5.73 Å². The van der Waals surface area contributed by atoms with Crippen LogP contribution in [0.4, 0.5) is 0 Å². The number of nitrogens with zero attached hydrogens (tertiary/aromatic N) is 1. The number of nitrogens with two attached hydrogens (primary N) is 1. The van der Waals surface area contributed by atoms with Crippen LogP contribution in [0.25, 0.3) is 0 Å². The first kappa shape index (κ1) is 10.1. The third-order valence-corrected chi connectivity index (χ3v) is 3.76. The number of fused-ring (bicyclic) bond motifs is 1. The summed E-state index contributed by atoms with van der Waals surface area (Å²) < 4.78 is 2.00. The molecule has 0 bridgehead atoms. The molecule has 3 nitrogen and oxygen atoms in total. The molecule has 2 aliphatic rings. The standard InChI is InChI=1S/C13H18N2O/c14-11-4-5-12-10(7-11)3-6-13(16)15(12)8-9-1-2-9/h3,6,9,11H,1-2,4-5,7-8,14H2. The Kier molecular flexibility index (Phi) is 2.36. The molecular weight excluding hydrogens is 200 g/mol. The van der Waals surface area contributed by atoms with Gasteiger partial charge in [0.2, 0.25) is 0 Å². The van der Waals surface area contributed by atoms with Gasteiger partial charge in [0.05, 0.1) is 0 Å². The van der Waals surface area contributed by atoms with Gasteiger partial charge in [0.1, 0.15) is 0 Å². The molecule has 1 saturated carbocycles. The van der Waals surface area contributed by atoms with Crippen molar-refractivity contribution < 1.29 is 0 Å². The van der Waals surface area contributed by atoms with Gasteiger partial charge in [-0.2, -0.15) is 0 Å². The van der Waals surface area contributed by atoms with E-state index in [0.29, 0.717) is 0 Å². The van der Waals surface area contributed by atoms with Crippen LogP contribution < -0.4 is 11.3 Å². The Bertz CT molecular complexity index is 459. The largest absolute Gasteiger partial charge is 0.327 e. The Hall–Kier alpha value is -1.09. The fourth-order valence-corrected chi connectivity index (χ4v) is 2.61. The Labute approximate surface area is 95.3 Å². The molecule has 1 heterocycles. The lowest BCUT2D eigenvalue weighted by atomic mass is 9.92. The van der Waals surface area contributed by atoms with Gasteiger partial charge < -0.3 is 10.3 Å². The van der Waals surface area contributed by atoms with Crippen LogP contribution in [0.15, 0.2) is 16.9 Å². The third kappa shape index (κ3) is 1.80. The molecule has 1 fully saturated rings. The van der Waals surface area contributed by atoms with E-state index in [1.54, 1.807) is 6.07 Å². The Morgan fingerprint density at radius 2 is 2.12 bits per heavy atom. The van der Waals surface area contributed by atoms with Gasteiger partial charge >= 0.3 is 0 Å². The predicted molar refractivity (Wildman–Crippen MR) is 63.4 cm³/mol. The van der Waals surface area contributed by atoms with Gasteiger partial charge in [0.25, 0.3) is 5.56 Å². The Balaban J connectivity index is 2.00. The first-order valence-corrected chi connectivity index (χ1v) is 6.21. The van der Waals surface area contributed by atoms with Gasteiger partial charge in [-0.1, -0.05) is 6.07 Å². The minimum Gasteiger partial charge on any atom is -0.327 e. The van der Waals surface area contributed by atoms with Crippen molar-refractivity contribution in [2.75, 3.05) is 0 Å². The molecule has 0 amide bonds. The van der Waals surface area contributed by atoms with Crippen molar-refractivity contribution in [2.24, 2.45) is 11.7 Å². The summed E-state index contributed by atoms with van der Waals surface area (Å²) in [5, 5.41) is 0. The lowest BCUT2D eigenvalue weighted by Crippen LogP contribution is -2.33. The molecule has 3 heteroatoms. The summed E-state index contributed by atoms with van der Waals surface area (Å²) in [7, 11) is 0. The number of pyridine rings is 1. The summed E-state index contributed by atoms with van der Waals surface area (Å²) >= 11 is 0. The van der Waals surface area contributed by atoms with Crippen LogP contribution in [-0.2, 0) is 19.4 Å². The first-order valence-electron chi connectivity index (χ1n) is 6.21. The zero-order valence-electron chi connectivity index (χ0n) is 9.48. The fraction of sp³-hybridized carbons (Fsp3) is 0.615. The number of hydrogen-bond acceptors (Lipinski definition) is 2. The molecule has 0 aromatic carbocycles. The third-order valence-electron chi connectivity index (χ3n) is 3.76.